The fraction of sp³-hybridized carbons (Fsp3) is 0.556. The van der Waals surface area contributed by atoms with Gasteiger partial charge in [-0.3, -0.25) is 0 Å². The summed E-state index contributed by atoms with van der Waals surface area (Å²) < 4.78 is 5.30. The highest BCUT2D eigenvalue weighted by molar-refractivity contribution is 7.10. The molecule has 1 N–H and O–H groups in total. The van der Waals surface area contributed by atoms with E-state index in [1.807, 2.05) is 0 Å². The molecule has 1 unspecified atom stereocenters. The quantitative estimate of drug-likeness (QED) is 0.809. The number of ether oxygens (including phenoxy) is 1. The molecule has 1 aliphatic heterocycles. The van der Waals surface area contributed by atoms with Crippen molar-refractivity contribution in [3.8, 4) is 0 Å². The van der Waals surface area contributed by atoms with Gasteiger partial charge in [-0.15, -0.1) is 11.3 Å². The molecule has 1 saturated heterocycles. The maximum absolute atomic E-state index is 10.6. The summed E-state index contributed by atoms with van der Waals surface area (Å²) in [6, 6.07) is 0. The third kappa shape index (κ3) is 1.53. The second kappa shape index (κ2) is 3.33. The van der Waals surface area contributed by atoms with Crippen molar-refractivity contribution < 1.29 is 14.6 Å². The second-order valence-electron chi connectivity index (χ2n) is 3.71. The van der Waals surface area contributed by atoms with Crippen LogP contribution >= 0.6 is 11.3 Å². The Bertz CT molecular complexity index is 355. The minimum atomic E-state index is -0.963. The first kappa shape index (κ1) is 9.61. The lowest BCUT2D eigenvalue weighted by atomic mass is 9.91. The second-order valence-corrected chi connectivity index (χ2v) is 4.56. The number of carbonyl (C=O) groups is 1. The first-order valence-corrected chi connectivity index (χ1v) is 5.27. The highest BCUT2D eigenvalue weighted by Gasteiger charge is 2.34. The fourth-order valence-electron chi connectivity index (χ4n) is 1.48. The molecule has 0 radical (unpaired) electrons. The molecule has 1 fully saturated rings. The van der Waals surface area contributed by atoms with Gasteiger partial charge in [-0.1, -0.05) is 6.92 Å². The lowest BCUT2D eigenvalue weighted by Gasteiger charge is -2.17. The van der Waals surface area contributed by atoms with Crippen LogP contribution in [-0.2, 0) is 10.2 Å². The van der Waals surface area contributed by atoms with Crippen LogP contribution in [0.15, 0.2) is 5.38 Å². The maximum Gasteiger partial charge on any atom is 0.355 e. The van der Waals surface area contributed by atoms with Gasteiger partial charge in [-0.25, -0.2) is 9.78 Å². The summed E-state index contributed by atoms with van der Waals surface area (Å²) in [7, 11) is 0. The van der Waals surface area contributed by atoms with Crippen LogP contribution in [0.5, 0.6) is 0 Å². The molecule has 0 aliphatic carbocycles. The van der Waals surface area contributed by atoms with Crippen molar-refractivity contribution in [1.29, 1.82) is 0 Å². The van der Waals surface area contributed by atoms with Gasteiger partial charge in [0.2, 0.25) is 0 Å². The Balaban J connectivity index is 2.28. The summed E-state index contributed by atoms with van der Waals surface area (Å²) in [5.41, 5.74) is 0.0522. The first-order valence-electron chi connectivity index (χ1n) is 4.39. The monoisotopic (exact) mass is 213 g/mol. The van der Waals surface area contributed by atoms with E-state index in [0.717, 1.165) is 18.0 Å². The number of nitrogens with zero attached hydrogens (tertiary/aromatic N) is 1. The van der Waals surface area contributed by atoms with Gasteiger partial charge in [0.05, 0.1) is 6.61 Å². The normalized spacial score (nSPS) is 26.6. The molecular weight excluding hydrogens is 202 g/mol. The summed E-state index contributed by atoms with van der Waals surface area (Å²) in [5.74, 6) is -0.963. The zero-order valence-corrected chi connectivity index (χ0v) is 8.63. The van der Waals surface area contributed by atoms with E-state index in [4.69, 9.17) is 9.84 Å². The van der Waals surface area contributed by atoms with Crippen molar-refractivity contribution in [2.24, 2.45) is 0 Å². The van der Waals surface area contributed by atoms with Gasteiger partial charge in [-0.05, 0) is 6.42 Å². The third-order valence-corrected chi connectivity index (χ3v) is 3.61. The van der Waals surface area contributed by atoms with Crippen molar-refractivity contribution >= 4 is 17.3 Å². The van der Waals surface area contributed by atoms with E-state index >= 15 is 0 Å². The number of aromatic nitrogens is 1. The van der Waals surface area contributed by atoms with E-state index in [-0.39, 0.29) is 11.1 Å². The van der Waals surface area contributed by atoms with Gasteiger partial charge in [-0.2, -0.15) is 0 Å². The lowest BCUT2D eigenvalue weighted by molar-refractivity contribution is 0.0691. The number of hydrogen-bond acceptors (Lipinski definition) is 4. The molecule has 76 valence electrons. The molecular formula is C9H11NO3S. The predicted molar refractivity (Wildman–Crippen MR) is 51.9 cm³/mol. The Hall–Kier alpha value is -0.940. The SMILES string of the molecule is CC1(c2nc(C(=O)O)cs2)CCOC1. The smallest absolute Gasteiger partial charge is 0.355 e. The minimum absolute atomic E-state index is 0.0850. The molecule has 2 heterocycles. The third-order valence-electron chi connectivity index (χ3n) is 2.46. The van der Waals surface area contributed by atoms with E-state index in [1.54, 1.807) is 5.38 Å². The van der Waals surface area contributed by atoms with Crippen molar-refractivity contribution in [3.05, 3.63) is 16.1 Å². The van der Waals surface area contributed by atoms with Crippen LogP contribution < -0.4 is 0 Å². The van der Waals surface area contributed by atoms with Gasteiger partial charge in [0.15, 0.2) is 5.69 Å². The molecule has 1 aromatic rings. The van der Waals surface area contributed by atoms with Gasteiger partial charge < -0.3 is 9.84 Å². The molecule has 5 heteroatoms. The van der Waals surface area contributed by atoms with Gasteiger partial charge in [0.25, 0.3) is 0 Å². The summed E-state index contributed by atoms with van der Waals surface area (Å²) in [6.45, 7) is 3.43. The summed E-state index contributed by atoms with van der Waals surface area (Å²) in [4.78, 5) is 14.7. The molecule has 0 bridgehead atoms. The van der Waals surface area contributed by atoms with E-state index in [1.165, 1.54) is 11.3 Å². The van der Waals surface area contributed by atoms with Gasteiger partial charge in [0, 0.05) is 17.4 Å². The number of carboxylic acid groups (broad SMARTS) is 1. The molecule has 0 aromatic carbocycles. The lowest BCUT2D eigenvalue weighted by Crippen LogP contribution is -2.21. The molecule has 0 saturated carbocycles. The molecule has 4 nitrogen and oxygen atoms in total. The Labute approximate surface area is 85.5 Å². The Morgan fingerprint density at radius 1 is 1.79 bits per heavy atom. The van der Waals surface area contributed by atoms with Crippen LogP contribution in [-0.4, -0.2) is 29.3 Å². The standard InChI is InChI=1S/C9H11NO3S/c1-9(2-3-13-5-9)8-10-6(4-14-8)7(11)12/h4H,2-3,5H2,1H3,(H,11,12). The number of carboxylic acids is 1. The predicted octanol–water partition coefficient (Wildman–Crippen LogP) is 1.52. The summed E-state index contributed by atoms with van der Waals surface area (Å²) in [6.07, 6.45) is 0.916. The molecule has 1 aliphatic rings. The maximum atomic E-state index is 10.6. The average molecular weight is 213 g/mol. The fourth-order valence-corrected chi connectivity index (χ4v) is 2.46. The number of aromatic carboxylic acids is 1. The highest BCUT2D eigenvalue weighted by atomic mass is 32.1. The summed E-state index contributed by atoms with van der Waals surface area (Å²) >= 11 is 1.40. The zero-order valence-electron chi connectivity index (χ0n) is 7.82. The van der Waals surface area contributed by atoms with Crippen molar-refractivity contribution in [1.82, 2.24) is 4.98 Å². The van der Waals surface area contributed by atoms with Crippen molar-refractivity contribution in [2.45, 2.75) is 18.8 Å². The first-order chi connectivity index (χ1) is 6.62. The van der Waals surface area contributed by atoms with E-state index in [0.29, 0.717) is 6.61 Å². The Morgan fingerprint density at radius 2 is 2.57 bits per heavy atom. The molecule has 0 spiro atoms. The van der Waals surface area contributed by atoms with Crippen LogP contribution in [0.2, 0.25) is 0 Å². The molecule has 1 atom stereocenters. The van der Waals surface area contributed by atoms with Crippen LogP contribution in [0.25, 0.3) is 0 Å². The Kier molecular flexibility index (Phi) is 2.28. The van der Waals surface area contributed by atoms with Crippen LogP contribution in [0.3, 0.4) is 0 Å². The molecule has 2 rings (SSSR count). The molecule has 0 amide bonds. The number of hydrogen-bond donors (Lipinski definition) is 1. The average Bonchev–Trinajstić information content (AvgIpc) is 2.71. The van der Waals surface area contributed by atoms with E-state index < -0.39 is 5.97 Å². The molecule has 1 aromatic heterocycles. The largest absolute Gasteiger partial charge is 0.476 e. The minimum Gasteiger partial charge on any atom is -0.476 e. The topological polar surface area (TPSA) is 59.4 Å². The van der Waals surface area contributed by atoms with E-state index in [2.05, 4.69) is 11.9 Å². The van der Waals surface area contributed by atoms with Gasteiger partial charge in [0.1, 0.15) is 5.01 Å². The van der Waals surface area contributed by atoms with E-state index in [9.17, 15) is 4.79 Å². The van der Waals surface area contributed by atoms with Crippen molar-refractivity contribution in [3.63, 3.8) is 0 Å². The van der Waals surface area contributed by atoms with Gasteiger partial charge >= 0.3 is 5.97 Å². The number of rotatable bonds is 2. The van der Waals surface area contributed by atoms with Crippen molar-refractivity contribution in [2.75, 3.05) is 13.2 Å². The highest BCUT2D eigenvalue weighted by Crippen LogP contribution is 2.34. The summed E-state index contributed by atoms with van der Waals surface area (Å²) in [5, 5.41) is 11.2. The molecule has 14 heavy (non-hydrogen) atoms. The van der Waals surface area contributed by atoms with Crippen LogP contribution in [0.1, 0.15) is 28.8 Å². The van der Waals surface area contributed by atoms with Crippen LogP contribution in [0.4, 0.5) is 0 Å². The zero-order chi connectivity index (χ0) is 10.2. The number of thiazole rings is 1. The Morgan fingerprint density at radius 3 is 3.07 bits per heavy atom. The van der Waals surface area contributed by atoms with Crippen LogP contribution in [0, 0.1) is 0 Å².